The van der Waals surface area contributed by atoms with Crippen LogP contribution in [0.25, 0.3) is 0 Å². The normalized spacial score (nSPS) is 13.2. The zero-order valence-electron chi connectivity index (χ0n) is 14.5. The molecule has 0 aliphatic carbocycles. The Morgan fingerprint density at radius 3 is 2.38 bits per heavy atom. The molecule has 0 spiro atoms. The Labute approximate surface area is 129 Å². The highest BCUT2D eigenvalue weighted by molar-refractivity contribution is 5.45. The largest absolute Gasteiger partial charge is 0.477 e. The first kappa shape index (κ1) is 17.7. The fourth-order valence-corrected chi connectivity index (χ4v) is 2.08. The summed E-state index contributed by atoms with van der Waals surface area (Å²) in [6.07, 6.45) is 4.81. The maximum Gasteiger partial charge on any atom is 0.221 e. The van der Waals surface area contributed by atoms with Crippen LogP contribution in [0.1, 0.15) is 71.7 Å². The summed E-state index contributed by atoms with van der Waals surface area (Å²) in [5, 5.41) is 0. The summed E-state index contributed by atoms with van der Waals surface area (Å²) >= 11 is 0. The van der Waals surface area contributed by atoms with Gasteiger partial charge in [-0.2, -0.15) is 4.98 Å². The number of aromatic nitrogens is 2. The second-order valence-corrected chi connectivity index (χ2v) is 6.84. The van der Waals surface area contributed by atoms with Crippen molar-refractivity contribution in [1.82, 2.24) is 9.97 Å². The predicted molar refractivity (Wildman–Crippen MR) is 88.7 cm³/mol. The van der Waals surface area contributed by atoms with Crippen LogP contribution in [0.2, 0.25) is 0 Å². The SMILES string of the molecule is CCCCC(CC)COc1nc(C(C)(C)C)nc(N)c1C. The molecule has 4 heteroatoms. The number of ether oxygens (including phenoxy) is 1. The van der Waals surface area contributed by atoms with Crippen molar-refractivity contribution in [2.45, 2.75) is 72.6 Å². The van der Waals surface area contributed by atoms with Crippen LogP contribution in [0, 0.1) is 12.8 Å². The van der Waals surface area contributed by atoms with Crippen LogP contribution in [0.4, 0.5) is 5.82 Å². The summed E-state index contributed by atoms with van der Waals surface area (Å²) < 4.78 is 5.97. The molecular formula is C17H31N3O. The third-order valence-electron chi connectivity index (χ3n) is 3.81. The summed E-state index contributed by atoms with van der Waals surface area (Å²) in [6, 6.07) is 0. The highest BCUT2D eigenvalue weighted by atomic mass is 16.5. The van der Waals surface area contributed by atoms with Crippen molar-refractivity contribution in [2.24, 2.45) is 5.92 Å². The first-order valence-corrected chi connectivity index (χ1v) is 8.06. The molecule has 0 bridgehead atoms. The van der Waals surface area contributed by atoms with Gasteiger partial charge in [-0.1, -0.05) is 53.9 Å². The lowest BCUT2D eigenvalue weighted by Crippen LogP contribution is -2.20. The molecule has 0 amide bonds. The highest BCUT2D eigenvalue weighted by Crippen LogP contribution is 2.26. The molecule has 2 N–H and O–H groups in total. The fourth-order valence-electron chi connectivity index (χ4n) is 2.08. The minimum absolute atomic E-state index is 0.133. The number of anilines is 1. The van der Waals surface area contributed by atoms with E-state index in [2.05, 4.69) is 44.6 Å². The molecule has 0 aliphatic heterocycles. The molecule has 0 fully saturated rings. The molecular weight excluding hydrogens is 262 g/mol. The number of rotatable bonds is 7. The summed E-state index contributed by atoms with van der Waals surface area (Å²) in [5.41, 5.74) is 6.71. The molecule has 1 aromatic rings. The predicted octanol–water partition coefficient (Wildman–Crippen LogP) is 4.26. The van der Waals surface area contributed by atoms with Gasteiger partial charge >= 0.3 is 0 Å². The molecule has 0 saturated heterocycles. The van der Waals surface area contributed by atoms with Crippen LogP contribution in [0.3, 0.4) is 0 Å². The third kappa shape index (κ3) is 5.18. The average Bonchev–Trinajstić information content (AvgIpc) is 2.42. The van der Waals surface area contributed by atoms with Gasteiger partial charge in [0.2, 0.25) is 5.88 Å². The Kier molecular flexibility index (Phi) is 6.43. The zero-order valence-corrected chi connectivity index (χ0v) is 14.5. The zero-order chi connectivity index (χ0) is 16.0. The van der Waals surface area contributed by atoms with E-state index in [-0.39, 0.29) is 5.41 Å². The molecule has 1 heterocycles. The second kappa shape index (κ2) is 7.62. The van der Waals surface area contributed by atoms with E-state index < -0.39 is 0 Å². The van der Waals surface area contributed by atoms with Crippen molar-refractivity contribution >= 4 is 5.82 Å². The quantitative estimate of drug-likeness (QED) is 0.816. The van der Waals surface area contributed by atoms with E-state index in [1.807, 2.05) is 6.92 Å². The van der Waals surface area contributed by atoms with Gasteiger partial charge in [0.05, 0.1) is 12.2 Å². The molecule has 1 rings (SSSR count). The fraction of sp³-hybridized carbons (Fsp3) is 0.765. The summed E-state index contributed by atoms with van der Waals surface area (Å²) in [6.45, 7) is 13.3. The van der Waals surface area contributed by atoms with Crippen molar-refractivity contribution in [3.63, 3.8) is 0 Å². The number of hydrogen-bond donors (Lipinski definition) is 1. The van der Waals surface area contributed by atoms with Gasteiger partial charge < -0.3 is 10.5 Å². The molecule has 1 unspecified atom stereocenters. The van der Waals surface area contributed by atoms with Crippen molar-refractivity contribution in [3.05, 3.63) is 11.4 Å². The summed E-state index contributed by atoms with van der Waals surface area (Å²) in [5.74, 6) is 2.48. The van der Waals surface area contributed by atoms with Crippen LogP contribution in [-0.4, -0.2) is 16.6 Å². The standard InChI is InChI=1S/C17H31N3O/c1-7-9-10-13(8-2)11-21-15-12(3)14(18)19-16(20-15)17(4,5)6/h13H,7-11H2,1-6H3,(H2,18,19,20). The Bertz CT molecular complexity index is 452. The average molecular weight is 293 g/mol. The lowest BCUT2D eigenvalue weighted by Gasteiger charge is -2.21. The van der Waals surface area contributed by atoms with Crippen molar-refractivity contribution < 1.29 is 4.74 Å². The van der Waals surface area contributed by atoms with E-state index in [4.69, 9.17) is 10.5 Å². The van der Waals surface area contributed by atoms with Gasteiger partial charge in [-0.15, -0.1) is 0 Å². The van der Waals surface area contributed by atoms with E-state index in [1.54, 1.807) is 0 Å². The van der Waals surface area contributed by atoms with Gasteiger partial charge in [-0.05, 0) is 19.3 Å². The van der Waals surface area contributed by atoms with Gasteiger partial charge in [0.1, 0.15) is 11.6 Å². The van der Waals surface area contributed by atoms with Crippen LogP contribution in [-0.2, 0) is 5.41 Å². The number of nitrogen functional groups attached to an aromatic ring is 1. The first-order chi connectivity index (χ1) is 9.79. The van der Waals surface area contributed by atoms with E-state index in [0.717, 1.165) is 17.8 Å². The van der Waals surface area contributed by atoms with Gasteiger partial charge in [-0.25, -0.2) is 4.98 Å². The smallest absolute Gasteiger partial charge is 0.221 e. The molecule has 1 atom stereocenters. The van der Waals surface area contributed by atoms with Gasteiger partial charge in [0.25, 0.3) is 0 Å². The molecule has 0 radical (unpaired) electrons. The second-order valence-electron chi connectivity index (χ2n) is 6.84. The van der Waals surface area contributed by atoms with E-state index in [1.165, 1.54) is 19.3 Å². The highest BCUT2D eigenvalue weighted by Gasteiger charge is 2.21. The van der Waals surface area contributed by atoms with Crippen LogP contribution < -0.4 is 10.5 Å². The number of nitrogens with two attached hydrogens (primary N) is 1. The van der Waals surface area contributed by atoms with E-state index in [9.17, 15) is 0 Å². The molecule has 0 aromatic carbocycles. The Morgan fingerprint density at radius 2 is 1.86 bits per heavy atom. The minimum Gasteiger partial charge on any atom is -0.477 e. The van der Waals surface area contributed by atoms with Crippen molar-refractivity contribution in [3.8, 4) is 5.88 Å². The van der Waals surface area contributed by atoms with Crippen LogP contribution in [0.5, 0.6) is 5.88 Å². The minimum atomic E-state index is -0.133. The molecule has 0 saturated carbocycles. The third-order valence-corrected chi connectivity index (χ3v) is 3.81. The molecule has 0 aliphatic rings. The summed E-state index contributed by atoms with van der Waals surface area (Å²) in [7, 11) is 0. The number of hydrogen-bond acceptors (Lipinski definition) is 4. The topological polar surface area (TPSA) is 61.0 Å². The van der Waals surface area contributed by atoms with Gasteiger partial charge in [0.15, 0.2) is 0 Å². The summed E-state index contributed by atoms with van der Waals surface area (Å²) in [4.78, 5) is 8.97. The van der Waals surface area contributed by atoms with Crippen molar-refractivity contribution in [1.29, 1.82) is 0 Å². The lowest BCUT2D eigenvalue weighted by molar-refractivity contribution is 0.223. The van der Waals surface area contributed by atoms with E-state index in [0.29, 0.717) is 24.2 Å². The molecule has 4 nitrogen and oxygen atoms in total. The maximum absolute atomic E-state index is 6.01. The van der Waals surface area contributed by atoms with Gasteiger partial charge in [-0.3, -0.25) is 0 Å². The number of nitrogens with zero attached hydrogens (tertiary/aromatic N) is 2. The Morgan fingerprint density at radius 1 is 1.19 bits per heavy atom. The lowest BCUT2D eigenvalue weighted by atomic mass is 9.95. The number of unbranched alkanes of at least 4 members (excludes halogenated alkanes) is 1. The van der Waals surface area contributed by atoms with E-state index >= 15 is 0 Å². The monoisotopic (exact) mass is 293 g/mol. The maximum atomic E-state index is 6.01. The van der Waals surface area contributed by atoms with Crippen molar-refractivity contribution in [2.75, 3.05) is 12.3 Å². The molecule has 1 aromatic heterocycles. The van der Waals surface area contributed by atoms with Crippen LogP contribution in [0.15, 0.2) is 0 Å². The van der Waals surface area contributed by atoms with Gasteiger partial charge in [0, 0.05) is 5.41 Å². The van der Waals surface area contributed by atoms with Crippen LogP contribution >= 0.6 is 0 Å². The first-order valence-electron chi connectivity index (χ1n) is 8.06. The Hall–Kier alpha value is -1.32. The Balaban J connectivity index is 2.84. The molecule has 120 valence electrons. The molecule has 21 heavy (non-hydrogen) atoms.